The number of hydrogen-bond donors (Lipinski definition) is 1. The second-order valence-electron chi connectivity index (χ2n) is 10.5. The Bertz CT molecular complexity index is 1490. The van der Waals surface area contributed by atoms with Gasteiger partial charge in [-0.1, -0.05) is 94.3 Å². The van der Waals surface area contributed by atoms with Crippen molar-refractivity contribution in [1.29, 1.82) is 0 Å². The summed E-state index contributed by atoms with van der Waals surface area (Å²) in [6.45, 7) is 12.4. The fraction of sp³-hybridized carbons (Fsp3) is 0.282. The highest BCUT2D eigenvalue weighted by Gasteiger charge is 2.13. The van der Waals surface area contributed by atoms with Crippen LogP contribution in [0.5, 0.6) is 0 Å². The molecule has 2 nitrogen and oxygen atoms in total. The van der Waals surface area contributed by atoms with Crippen LogP contribution in [0.1, 0.15) is 83.4 Å². The minimum absolute atomic E-state index is 0.411. The minimum Gasteiger partial charge on any atom is -0.359 e. The molecule has 5 rings (SSSR count). The normalized spacial score (nSPS) is 13.8. The van der Waals surface area contributed by atoms with Crippen molar-refractivity contribution in [2.24, 2.45) is 0 Å². The molecule has 1 unspecified atom stereocenters. The second kappa shape index (κ2) is 15.1. The van der Waals surface area contributed by atoms with E-state index in [4.69, 9.17) is 0 Å². The molecule has 1 aliphatic rings. The molecule has 4 aromatic rings. The van der Waals surface area contributed by atoms with Gasteiger partial charge in [0.2, 0.25) is 0 Å². The van der Waals surface area contributed by atoms with Crippen LogP contribution >= 0.6 is 0 Å². The summed E-state index contributed by atoms with van der Waals surface area (Å²) in [6, 6.07) is 27.0. The molecule has 0 aliphatic heterocycles. The van der Waals surface area contributed by atoms with Crippen molar-refractivity contribution in [2.45, 2.75) is 72.1 Å². The zero-order chi connectivity index (χ0) is 29.0. The van der Waals surface area contributed by atoms with Gasteiger partial charge in [0.05, 0.1) is 5.52 Å². The van der Waals surface area contributed by atoms with Crippen LogP contribution in [0.2, 0.25) is 0 Å². The van der Waals surface area contributed by atoms with E-state index >= 15 is 0 Å². The van der Waals surface area contributed by atoms with E-state index in [1.807, 2.05) is 20.8 Å². The summed E-state index contributed by atoms with van der Waals surface area (Å²) >= 11 is 0. The summed E-state index contributed by atoms with van der Waals surface area (Å²) in [5, 5.41) is 4.80. The molecule has 0 amide bonds. The summed E-state index contributed by atoms with van der Waals surface area (Å²) in [5.41, 5.74) is 9.87. The summed E-state index contributed by atoms with van der Waals surface area (Å²) < 4.78 is 2.36. The third kappa shape index (κ3) is 7.38. The van der Waals surface area contributed by atoms with E-state index in [9.17, 15) is 0 Å². The van der Waals surface area contributed by atoms with Gasteiger partial charge in [-0.25, -0.2) is 0 Å². The van der Waals surface area contributed by atoms with E-state index in [1.165, 1.54) is 70.4 Å². The molecule has 0 radical (unpaired) electrons. The molecule has 0 spiro atoms. The second-order valence-corrected chi connectivity index (χ2v) is 10.5. The number of unbranched alkanes of at least 4 members (excludes halogenated alkanes) is 1. The summed E-state index contributed by atoms with van der Waals surface area (Å²) in [4.78, 5) is 0. The molecule has 1 atom stereocenters. The van der Waals surface area contributed by atoms with Crippen LogP contribution in [0.15, 0.2) is 115 Å². The largest absolute Gasteiger partial charge is 0.359 e. The standard InChI is InChI=1S/C37H40N2.C2H6/c1-4-7-9-15-36-27-32-26-31(30-16-21-34(22-17-30)38-33-13-10-11-14-33)20-25-37(32)39(36)35-23-18-29(19-24-35)28(6-3)12-8-5-2;1-2/h4,6-7,9,13,15-28,38H,3,5,8,10-12,14H2,1-2H3;1-2H3/b7-4-,15-9-;. The predicted octanol–water partition coefficient (Wildman–Crippen LogP) is 11.9. The third-order valence-electron chi connectivity index (χ3n) is 7.70. The van der Waals surface area contributed by atoms with Crippen LogP contribution < -0.4 is 5.32 Å². The number of aromatic nitrogens is 1. The van der Waals surface area contributed by atoms with Crippen molar-refractivity contribution in [1.82, 2.24) is 4.57 Å². The van der Waals surface area contributed by atoms with Crippen molar-refractivity contribution < 1.29 is 0 Å². The van der Waals surface area contributed by atoms with Crippen LogP contribution in [0.25, 0.3) is 33.8 Å². The molecular formula is C39H46N2. The fourth-order valence-corrected chi connectivity index (χ4v) is 5.52. The van der Waals surface area contributed by atoms with Gasteiger partial charge in [-0.2, -0.15) is 0 Å². The topological polar surface area (TPSA) is 17.0 Å². The molecule has 2 heteroatoms. The maximum atomic E-state index is 4.09. The Balaban J connectivity index is 0.00000189. The molecule has 0 bridgehead atoms. The molecule has 1 aromatic heterocycles. The Labute approximate surface area is 247 Å². The Morgan fingerprint density at radius 2 is 1.68 bits per heavy atom. The Hall–Kier alpha value is -4.04. The fourth-order valence-electron chi connectivity index (χ4n) is 5.52. The highest BCUT2D eigenvalue weighted by Crippen LogP contribution is 2.32. The Morgan fingerprint density at radius 3 is 2.34 bits per heavy atom. The van der Waals surface area contributed by atoms with Gasteiger partial charge >= 0.3 is 0 Å². The molecule has 0 fully saturated rings. The smallest absolute Gasteiger partial charge is 0.0535 e. The van der Waals surface area contributed by atoms with E-state index < -0.39 is 0 Å². The molecular weight excluding hydrogens is 496 g/mol. The Kier molecular flexibility index (Phi) is 11.0. The van der Waals surface area contributed by atoms with Gasteiger partial charge in [0.15, 0.2) is 0 Å². The molecule has 1 N–H and O–H groups in total. The van der Waals surface area contributed by atoms with Crippen LogP contribution in [0, 0.1) is 0 Å². The average Bonchev–Trinajstić information content (AvgIpc) is 3.67. The number of rotatable bonds is 11. The number of benzene rings is 3. The maximum Gasteiger partial charge on any atom is 0.0535 e. The van der Waals surface area contributed by atoms with Gasteiger partial charge < -0.3 is 9.88 Å². The maximum absolute atomic E-state index is 4.09. The zero-order valence-electron chi connectivity index (χ0n) is 25.4. The number of fused-ring (bicyclic) bond motifs is 1. The monoisotopic (exact) mass is 542 g/mol. The molecule has 0 saturated heterocycles. The van der Waals surface area contributed by atoms with E-state index in [0.29, 0.717) is 5.92 Å². The number of allylic oxidation sites excluding steroid dienone is 6. The van der Waals surface area contributed by atoms with Gasteiger partial charge in [0.1, 0.15) is 0 Å². The molecule has 212 valence electrons. The highest BCUT2D eigenvalue weighted by molar-refractivity contribution is 5.90. The molecule has 0 saturated carbocycles. The van der Waals surface area contributed by atoms with Gasteiger partial charge in [-0.15, -0.1) is 6.58 Å². The summed E-state index contributed by atoms with van der Waals surface area (Å²) in [5.74, 6) is 0.411. The lowest BCUT2D eigenvalue weighted by atomic mass is 9.93. The van der Waals surface area contributed by atoms with Gasteiger partial charge in [-0.3, -0.25) is 0 Å². The molecule has 1 heterocycles. The third-order valence-corrected chi connectivity index (χ3v) is 7.70. The van der Waals surface area contributed by atoms with Crippen LogP contribution in [-0.2, 0) is 0 Å². The van der Waals surface area contributed by atoms with E-state index in [-0.39, 0.29) is 0 Å². The zero-order valence-corrected chi connectivity index (χ0v) is 25.4. The van der Waals surface area contributed by atoms with Gasteiger partial charge in [0, 0.05) is 34.1 Å². The summed E-state index contributed by atoms with van der Waals surface area (Å²) in [7, 11) is 0. The predicted molar refractivity (Wildman–Crippen MR) is 182 cm³/mol. The van der Waals surface area contributed by atoms with Crippen molar-refractivity contribution in [3.63, 3.8) is 0 Å². The first-order valence-electron chi connectivity index (χ1n) is 15.4. The number of hydrogen-bond acceptors (Lipinski definition) is 1. The van der Waals surface area contributed by atoms with Crippen molar-refractivity contribution in [3.05, 3.63) is 127 Å². The Morgan fingerprint density at radius 1 is 0.927 bits per heavy atom. The lowest BCUT2D eigenvalue weighted by Crippen LogP contribution is -1.99. The highest BCUT2D eigenvalue weighted by atomic mass is 15.0. The van der Waals surface area contributed by atoms with Crippen LogP contribution in [0.4, 0.5) is 5.69 Å². The van der Waals surface area contributed by atoms with Crippen molar-refractivity contribution in [3.8, 4) is 16.8 Å². The SMILES string of the molecule is C=CC(CCCC)c1ccc(-n2c(/C=C\C=C/C)cc3cc(-c4ccc(NC5=CCCC5)cc4)ccc32)cc1.CC. The number of nitrogens with one attached hydrogen (secondary N) is 1. The first kappa shape index (κ1) is 29.9. The first-order chi connectivity index (χ1) is 20.2. The van der Waals surface area contributed by atoms with E-state index in [1.54, 1.807) is 0 Å². The molecule has 41 heavy (non-hydrogen) atoms. The van der Waals surface area contributed by atoms with Gasteiger partial charge in [-0.05, 0) is 97.8 Å². The van der Waals surface area contributed by atoms with Crippen molar-refractivity contribution >= 4 is 22.7 Å². The lowest BCUT2D eigenvalue weighted by Gasteiger charge is -2.15. The average molecular weight is 543 g/mol. The number of nitrogens with zero attached hydrogens (tertiary/aromatic N) is 1. The molecule has 3 aromatic carbocycles. The summed E-state index contributed by atoms with van der Waals surface area (Å²) in [6.07, 6.45) is 20.0. The first-order valence-corrected chi connectivity index (χ1v) is 15.4. The number of anilines is 1. The van der Waals surface area contributed by atoms with Crippen molar-refractivity contribution in [2.75, 3.05) is 5.32 Å². The lowest BCUT2D eigenvalue weighted by molar-refractivity contribution is 0.664. The van der Waals surface area contributed by atoms with Crippen LogP contribution in [0.3, 0.4) is 0 Å². The molecule has 1 aliphatic carbocycles. The minimum atomic E-state index is 0.411. The van der Waals surface area contributed by atoms with E-state index in [2.05, 4.69) is 133 Å². The van der Waals surface area contributed by atoms with E-state index in [0.717, 1.165) is 18.5 Å². The van der Waals surface area contributed by atoms with Crippen LogP contribution in [-0.4, -0.2) is 4.57 Å². The van der Waals surface area contributed by atoms with Gasteiger partial charge in [0.25, 0.3) is 0 Å². The quantitative estimate of drug-likeness (QED) is 0.147.